The summed E-state index contributed by atoms with van der Waals surface area (Å²) in [5.74, 6) is 0. The number of aryl methyl sites for hydroxylation is 1. The van der Waals surface area contributed by atoms with Crippen molar-refractivity contribution in [2.75, 3.05) is 0 Å². The van der Waals surface area contributed by atoms with Crippen LogP contribution in [0.1, 0.15) is 62.2 Å². The van der Waals surface area contributed by atoms with E-state index < -0.39 is 0 Å². The third-order valence-electron chi connectivity index (χ3n) is 4.04. The summed E-state index contributed by atoms with van der Waals surface area (Å²) in [5.41, 5.74) is 2.63. The molecular weight excluding hydrogens is 220 g/mol. The molecule has 0 saturated heterocycles. The number of hydrogen-bond donors (Lipinski definition) is 0. The predicted octanol–water partition coefficient (Wildman–Crippen LogP) is 3.92. The molecule has 2 nitrogen and oxygen atoms in total. The van der Waals surface area contributed by atoms with E-state index in [1.54, 1.807) is 0 Å². The lowest BCUT2D eigenvalue weighted by molar-refractivity contribution is 0.328. The molecule has 3 heteroatoms. The van der Waals surface area contributed by atoms with Crippen LogP contribution in [0, 0.1) is 0 Å². The molecule has 0 aliphatic heterocycles. The molecule has 1 fully saturated rings. The fourth-order valence-electron chi connectivity index (χ4n) is 3.10. The van der Waals surface area contributed by atoms with Gasteiger partial charge in [0.2, 0.25) is 0 Å². The van der Waals surface area contributed by atoms with Gasteiger partial charge in [0, 0.05) is 5.56 Å². The van der Waals surface area contributed by atoms with E-state index in [4.69, 9.17) is 16.7 Å². The standard InChI is InChI=1S/C13H19ClN2/c14-13-11-8-4-5-9-12(11)15-16(13)10-6-2-1-3-7-10/h10H,1-9H2. The highest BCUT2D eigenvalue weighted by molar-refractivity contribution is 6.30. The van der Waals surface area contributed by atoms with Crippen molar-refractivity contribution in [1.29, 1.82) is 0 Å². The largest absolute Gasteiger partial charge is 0.250 e. The molecule has 0 spiro atoms. The molecule has 1 saturated carbocycles. The molecule has 0 atom stereocenters. The van der Waals surface area contributed by atoms with Gasteiger partial charge in [-0.3, -0.25) is 4.68 Å². The van der Waals surface area contributed by atoms with Crippen molar-refractivity contribution in [1.82, 2.24) is 9.78 Å². The molecule has 3 rings (SSSR count). The van der Waals surface area contributed by atoms with Gasteiger partial charge in [0.15, 0.2) is 0 Å². The summed E-state index contributed by atoms with van der Waals surface area (Å²) in [6, 6.07) is 0.576. The first-order valence-electron chi connectivity index (χ1n) is 6.62. The van der Waals surface area contributed by atoms with Gasteiger partial charge >= 0.3 is 0 Å². The number of halogens is 1. The number of fused-ring (bicyclic) bond motifs is 1. The molecule has 16 heavy (non-hydrogen) atoms. The summed E-state index contributed by atoms with van der Waals surface area (Å²) in [6.45, 7) is 0. The highest BCUT2D eigenvalue weighted by Crippen LogP contribution is 2.34. The Balaban J connectivity index is 1.91. The summed E-state index contributed by atoms with van der Waals surface area (Å²) in [6.07, 6.45) is 11.4. The second-order valence-electron chi connectivity index (χ2n) is 5.16. The minimum Gasteiger partial charge on any atom is -0.250 e. The normalized spacial score (nSPS) is 22.1. The van der Waals surface area contributed by atoms with E-state index >= 15 is 0 Å². The monoisotopic (exact) mass is 238 g/mol. The van der Waals surface area contributed by atoms with Crippen LogP contribution in [0.4, 0.5) is 0 Å². The van der Waals surface area contributed by atoms with Crippen molar-refractivity contribution < 1.29 is 0 Å². The van der Waals surface area contributed by atoms with Crippen LogP contribution < -0.4 is 0 Å². The average Bonchev–Trinajstić information content (AvgIpc) is 2.69. The molecular formula is C13H19ClN2. The SMILES string of the molecule is Clc1c2c(nn1C1CCCCC1)CCCC2. The lowest BCUT2D eigenvalue weighted by Gasteiger charge is -2.22. The summed E-state index contributed by atoms with van der Waals surface area (Å²) in [7, 11) is 0. The summed E-state index contributed by atoms with van der Waals surface area (Å²) >= 11 is 6.48. The topological polar surface area (TPSA) is 17.8 Å². The van der Waals surface area contributed by atoms with Crippen molar-refractivity contribution in [3.8, 4) is 0 Å². The number of nitrogens with zero attached hydrogens (tertiary/aromatic N) is 2. The zero-order valence-corrected chi connectivity index (χ0v) is 10.5. The third kappa shape index (κ3) is 1.77. The Hall–Kier alpha value is -0.500. The molecule has 0 amide bonds. The van der Waals surface area contributed by atoms with Gasteiger partial charge in [-0.1, -0.05) is 30.9 Å². The van der Waals surface area contributed by atoms with Gasteiger partial charge in [0.25, 0.3) is 0 Å². The first-order valence-corrected chi connectivity index (χ1v) is 7.00. The second kappa shape index (κ2) is 4.40. The van der Waals surface area contributed by atoms with Crippen LogP contribution in [-0.2, 0) is 12.8 Å². The van der Waals surface area contributed by atoms with Crippen molar-refractivity contribution in [3.63, 3.8) is 0 Å². The lowest BCUT2D eigenvalue weighted by atomic mass is 9.95. The summed E-state index contributed by atoms with van der Waals surface area (Å²) in [5, 5.41) is 5.70. The smallest absolute Gasteiger partial charge is 0.130 e. The molecule has 1 heterocycles. The van der Waals surface area contributed by atoms with Crippen molar-refractivity contribution in [3.05, 3.63) is 16.4 Å². The molecule has 1 aromatic heterocycles. The van der Waals surface area contributed by atoms with E-state index in [-0.39, 0.29) is 0 Å². The van der Waals surface area contributed by atoms with E-state index in [1.807, 2.05) is 0 Å². The molecule has 0 radical (unpaired) electrons. The van der Waals surface area contributed by atoms with Gasteiger partial charge in [0.05, 0.1) is 11.7 Å². The van der Waals surface area contributed by atoms with E-state index in [1.165, 1.54) is 56.2 Å². The number of rotatable bonds is 1. The van der Waals surface area contributed by atoms with E-state index in [0.717, 1.165) is 18.0 Å². The quantitative estimate of drug-likeness (QED) is 0.725. The zero-order chi connectivity index (χ0) is 11.0. The molecule has 88 valence electrons. The molecule has 2 aliphatic rings. The lowest BCUT2D eigenvalue weighted by Crippen LogP contribution is -2.14. The van der Waals surface area contributed by atoms with E-state index in [9.17, 15) is 0 Å². The Labute approximate surface area is 102 Å². The average molecular weight is 239 g/mol. The molecule has 0 N–H and O–H groups in total. The van der Waals surface area contributed by atoms with Gasteiger partial charge in [0.1, 0.15) is 5.15 Å². The Bertz CT molecular complexity index is 378. The van der Waals surface area contributed by atoms with Crippen LogP contribution in [0.15, 0.2) is 0 Å². The Morgan fingerprint density at radius 3 is 2.50 bits per heavy atom. The van der Waals surface area contributed by atoms with Crippen molar-refractivity contribution in [2.24, 2.45) is 0 Å². The molecule has 0 aromatic carbocycles. The highest BCUT2D eigenvalue weighted by Gasteiger charge is 2.24. The fraction of sp³-hybridized carbons (Fsp3) is 0.769. The Morgan fingerprint density at radius 1 is 1.00 bits per heavy atom. The minimum absolute atomic E-state index is 0.576. The molecule has 0 unspecified atom stereocenters. The highest BCUT2D eigenvalue weighted by atomic mass is 35.5. The fourth-order valence-corrected chi connectivity index (χ4v) is 3.48. The first kappa shape index (κ1) is 10.6. The maximum atomic E-state index is 6.48. The van der Waals surface area contributed by atoms with E-state index in [0.29, 0.717) is 6.04 Å². The summed E-state index contributed by atoms with van der Waals surface area (Å²) < 4.78 is 2.14. The Kier molecular flexibility index (Phi) is 2.93. The van der Waals surface area contributed by atoms with Gasteiger partial charge in [-0.25, -0.2) is 0 Å². The third-order valence-corrected chi connectivity index (χ3v) is 4.44. The number of hydrogen-bond acceptors (Lipinski definition) is 1. The van der Waals surface area contributed by atoms with Crippen LogP contribution in [-0.4, -0.2) is 9.78 Å². The van der Waals surface area contributed by atoms with Crippen LogP contribution in [0.3, 0.4) is 0 Å². The van der Waals surface area contributed by atoms with Crippen LogP contribution in [0.5, 0.6) is 0 Å². The maximum absolute atomic E-state index is 6.48. The van der Waals surface area contributed by atoms with E-state index in [2.05, 4.69) is 4.68 Å². The van der Waals surface area contributed by atoms with Gasteiger partial charge in [-0.05, 0) is 38.5 Å². The van der Waals surface area contributed by atoms with Crippen molar-refractivity contribution >= 4 is 11.6 Å². The summed E-state index contributed by atoms with van der Waals surface area (Å²) in [4.78, 5) is 0. The maximum Gasteiger partial charge on any atom is 0.130 e. The minimum atomic E-state index is 0.576. The molecule has 2 aliphatic carbocycles. The van der Waals surface area contributed by atoms with Crippen LogP contribution >= 0.6 is 11.6 Å². The Morgan fingerprint density at radius 2 is 1.75 bits per heavy atom. The second-order valence-corrected chi connectivity index (χ2v) is 5.52. The first-order chi connectivity index (χ1) is 7.86. The zero-order valence-electron chi connectivity index (χ0n) is 9.71. The predicted molar refractivity (Wildman–Crippen MR) is 66.0 cm³/mol. The van der Waals surface area contributed by atoms with Crippen LogP contribution in [0.25, 0.3) is 0 Å². The number of aromatic nitrogens is 2. The van der Waals surface area contributed by atoms with Crippen molar-refractivity contribution in [2.45, 2.75) is 63.8 Å². The van der Waals surface area contributed by atoms with Gasteiger partial charge in [-0.2, -0.15) is 5.10 Å². The molecule has 1 aromatic rings. The van der Waals surface area contributed by atoms with Gasteiger partial charge < -0.3 is 0 Å². The van der Waals surface area contributed by atoms with Crippen LogP contribution in [0.2, 0.25) is 5.15 Å². The molecule has 0 bridgehead atoms. The van der Waals surface area contributed by atoms with Gasteiger partial charge in [-0.15, -0.1) is 0 Å².